The number of hydrogen-bond acceptors (Lipinski definition) is 4. The minimum Gasteiger partial charge on any atom is -0.480 e. The number of primary amides is 1. The molecule has 0 aromatic carbocycles. The third-order valence-electron chi connectivity index (χ3n) is 0.995. The van der Waals surface area contributed by atoms with Crippen molar-refractivity contribution >= 4 is 17.4 Å². The molecule has 10 heavy (non-hydrogen) atoms. The molecule has 1 amide bonds. The minimum absolute atomic E-state index is 0.303. The van der Waals surface area contributed by atoms with E-state index in [4.69, 9.17) is 10.5 Å². The Morgan fingerprint density at radius 3 is 3.00 bits per heavy atom. The number of aromatic nitrogens is 1. The molecule has 0 bridgehead atoms. The van der Waals surface area contributed by atoms with Crippen molar-refractivity contribution < 1.29 is 9.53 Å². The Morgan fingerprint density at radius 1 is 1.90 bits per heavy atom. The number of amides is 1. The maximum absolute atomic E-state index is 10.6. The molecule has 0 saturated carbocycles. The molecule has 0 aliphatic carbocycles. The van der Waals surface area contributed by atoms with Gasteiger partial charge in [0.2, 0.25) is 5.88 Å². The second-order valence-corrected chi connectivity index (χ2v) is 2.23. The fourth-order valence-electron chi connectivity index (χ4n) is 0.537. The van der Waals surface area contributed by atoms with E-state index in [-0.39, 0.29) is 0 Å². The molecule has 1 heterocycles. The summed E-state index contributed by atoms with van der Waals surface area (Å²) >= 11 is 1.14. The van der Waals surface area contributed by atoms with E-state index in [1.807, 2.05) is 0 Å². The second kappa shape index (κ2) is 2.66. The Balaban J connectivity index is 3.01. The number of carbonyl (C=O) groups is 1. The molecule has 0 saturated heterocycles. The zero-order chi connectivity index (χ0) is 7.56. The van der Waals surface area contributed by atoms with Gasteiger partial charge in [-0.15, -0.1) is 0 Å². The van der Waals surface area contributed by atoms with Crippen LogP contribution in [0.5, 0.6) is 5.88 Å². The molecule has 1 aromatic rings. The molecule has 54 valence electrons. The first-order valence-corrected chi connectivity index (χ1v) is 3.37. The fourth-order valence-corrected chi connectivity index (χ4v) is 1.18. The predicted octanol–water partition coefficient (Wildman–Crippen LogP) is 0.251. The molecule has 0 fully saturated rings. The van der Waals surface area contributed by atoms with Crippen LogP contribution >= 0.6 is 11.5 Å². The van der Waals surface area contributed by atoms with Gasteiger partial charge in [-0.1, -0.05) is 0 Å². The van der Waals surface area contributed by atoms with E-state index < -0.39 is 5.91 Å². The second-order valence-electron chi connectivity index (χ2n) is 1.60. The van der Waals surface area contributed by atoms with Crippen molar-refractivity contribution in [3.63, 3.8) is 0 Å². The van der Waals surface area contributed by atoms with Gasteiger partial charge >= 0.3 is 0 Å². The summed E-state index contributed by atoms with van der Waals surface area (Å²) in [6, 6.07) is 0. The number of methoxy groups -OCH3 is 1. The smallest absolute Gasteiger partial charge is 0.255 e. The van der Waals surface area contributed by atoms with Crippen LogP contribution in [0, 0.1) is 0 Å². The van der Waals surface area contributed by atoms with Crippen molar-refractivity contribution in [1.82, 2.24) is 4.37 Å². The van der Waals surface area contributed by atoms with Crippen molar-refractivity contribution in [3.8, 4) is 5.88 Å². The molecule has 2 N–H and O–H groups in total. The quantitative estimate of drug-likeness (QED) is 0.671. The normalized spacial score (nSPS) is 9.30. The zero-order valence-corrected chi connectivity index (χ0v) is 6.14. The van der Waals surface area contributed by atoms with E-state index in [2.05, 4.69) is 4.37 Å². The summed E-state index contributed by atoms with van der Waals surface area (Å²) in [7, 11) is 1.45. The number of hydrogen-bond donors (Lipinski definition) is 1. The van der Waals surface area contributed by atoms with Gasteiger partial charge in [0.15, 0.2) is 0 Å². The van der Waals surface area contributed by atoms with E-state index in [9.17, 15) is 4.79 Å². The molecular weight excluding hydrogens is 152 g/mol. The third-order valence-corrected chi connectivity index (χ3v) is 1.61. The van der Waals surface area contributed by atoms with Crippen LogP contribution in [0.4, 0.5) is 0 Å². The summed E-state index contributed by atoms with van der Waals surface area (Å²) in [5.74, 6) is -0.205. The molecule has 1 aromatic heterocycles. The number of rotatable bonds is 2. The van der Waals surface area contributed by atoms with Crippen LogP contribution in [0.2, 0.25) is 0 Å². The predicted molar refractivity (Wildman–Crippen MR) is 37.2 cm³/mol. The highest BCUT2D eigenvalue weighted by atomic mass is 32.1. The van der Waals surface area contributed by atoms with Crippen molar-refractivity contribution in [2.45, 2.75) is 0 Å². The summed E-state index contributed by atoms with van der Waals surface area (Å²) < 4.78 is 8.52. The van der Waals surface area contributed by atoms with Crippen LogP contribution in [-0.4, -0.2) is 17.4 Å². The van der Waals surface area contributed by atoms with Gasteiger partial charge in [0.25, 0.3) is 5.91 Å². The van der Waals surface area contributed by atoms with Gasteiger partial charge in [0.1, 0.15) is 5.56 Å². The summed E-state index contributed by atoms with van der Waals surface area (Å²) in [4.78, 5) is 10.6. The number of nitrogens with two attached hydrogens (primary N) is 1. The standard InChI is InChI=1S/C5H6N2O2S/c1-9-5-3(4(6)8)2-10-7-5/h2H,1H3,(H2,6,8). The monoisotopic (exact) mass is 158 g/mol. The lowest BCUT2D eigenvalue weighted by atomic mass is 10.3. The first kappa shape index (κ1) is 7.01. The summed E-state index contributed by atoms with van der Waals surface area (Å²) in [6.07, 6.45) is 0. The lowest BCUT2D eigenvalue weighted by Gasteiger charge is -1.93. The lowest BCUT2D eigenvalue weighted by Crippen LogP contribution is -2.10. The Bertz CT molecular complexity index is 246. The molecule has 0 spiro atoms. The number of ether oxygens (including phenoxy) is 1. The number of carbonyl (C=O) groups excluding carboxylic acids is 1. The van der Waals surface area contributed by atoms with E-state index in [1.54, 1.807) is 5.38 Å². The van der Waals surface area contributed by atoms with Gasteiger partial charge < -0.3 is 10.5 Å². The van der Waals surface area contributed by atoms with Crippen LogP contribution < -0.4 is 10.5 Å². The van der Waals surface area contributed by atoms with Crippen LogP contribution in [0.3, 0.4) is 0 Å². The van der Waals surface area contributed by atoms with Gasteiger partial charge in [-0.25, -0.2) is 0 Å². The highest BCUT2D eigenvalue weighted by Gasteiger charge is 2.10. The maximum atomic E-state index is 10.6. The molecule has 1 rings (SSSR count). The van der Waals surface area contributed by atoms with E-state index in [1.165, 1.54) is 7.11 Å². The molecule has 4 nitrogen and oxygen atoms in total. The fraction of sp³-hybridized carbons (Fsp3) is 0.200. The summed E-state index contributed by atoms with van der Waals surface area (Å²) in [5, 5.41) is 1.56. The minimum atomic E-state index is -0.509. The lowest BCUT2D eigenvalue weighted by molar-refractivity contribution is 0.0997. The third kappa shape index (κ3) is 1.08. The Morgan fingerprint density at radius 2 is 2.60 bits per heavy atom. The highest BCUT2D eigenvalue weighted by molar-refractivity contribution is 7.04. The SMILES string of the molecule is COc1nscc1C(N)=O. The van der Waals surface area contributed by atoms with Gasteiger partial charge in [0, 0.05) is 5.38 Å². The Hall–Kier alpha value is -1.10. The largest absolute Gasteiger partial charge is 0.480 e. The van der Waals surface area contributed by atoms with Crippen LogP contribution in [-0.2, 0) is 0 Å². The summed E-state index contributed by atoms with van der Waals surface area (Å²) in [6.45, 7) is 0. The first-order chi connectivity index (χ1) is 4.75. The zero-order valence-electron chi connectivity index (χ0n) is 5.33. The summed E-state index contributed by atoms with van der Waals surface area (Å²) in [5.41, 5.74) is 5.32. The van der Waals surface area contributed by atoms with Gasteiger partial charge in [0.05, 0.1) is 7.11 Å². The average Bonchev–Trinajstić information content (AvgIpc) is 2.33. The van der Waals surface area contributed by atoms with Crippen LogP contribution in [0.25, 0.3) is 0 Å². The first-order valence-electron chi connectivity index (χ1n) is 2.54. The van der Waals surface area contributed by atoms with E-state index >= 15 is 0 Å². The molecule has 0 radical (unpaired) electrons. The Kier molecular flexibility index (Phi) is 1.86. The van der Waals surface area contributed by atoms with Gasteiger partial charge in [-0.3, -0.25) is 4.79 Å². The van der Waals surface area contributed by atoms with E-state index in [0.29, 0.717) is 11.4 Å². The average molecular weight is 158 g/mol. The van der Waals surface area contributed by atoms with Crippen molar-refractivity contribution in [3.05, 3.63) is 10.9 Å². The molecule has 0 aliphatic heterocycles. The van der Waals surface area contributed by atoms with Crippen molar-refractivity contribution in [1.29, 1.82) is 0 Å². The van der Waals surface area contributed by atoms with Crippen molar-refractivity contribution in [2.75, 3.05) is 7.11 Å². The topological polar surface area (TPSA) is 65.2 Å². The van der Waals surface area contributed by atoms with Gasteiger partial charge in [-0.2, -0.15) is 4.37 Å². The molecule has 0 aliphatic rings. The van der Waals surface area contributed by atoms with Crippen LogP contribution in [0.15, 0.2) is 5.38 Å². The van der Waals surface area contributed by atoms with Crippen molar-refractivity contribution in [2.24, 2.45) is 5.73 Å². The maximum Gasteiger partial charge on any atom is 0.255 e. The Labute approximate surface area is 61.8 Å². The number of nitrogens with zero attached hydrogens (tertiary/aromatic N) is 1. The molecule has 5 heteroatoms. The van der Waals surface area contributed by atoms with E-state index in [0.717, 1.165) is 11.5 Å². The molecule has 0 atom stereocenters. The highest BCUT2D eigenvalue weighted by Crippen LogP contribution is 2.16. The molecule has 0 unspecified atom stereocenters. The molecular formula is C5H6N2O2S. The van der Waals surface area contributed by atoms with Gasteiger partial charge in [-0.05, 0) is 11.5 Å². The van der Waals surface area contributed by atoms with Crippen LogP contribution in [0.1, 0.15) is 10.4 Å².